The predicted octanol–water partition coefficient (Wildman–Crippen LogP) is 5.47. The molecule has 174 valence electrons. The molecule has 7 heteroatoms. The average Bonchev–Trinajstić information content (AvgIpc) is 3.29. The monoisotopic (exact) mass is 459 g/mol. The van der Waals surface area contributed by atoms with Gasteiger partial charge >= 0.3 is 12.1 Å². The summed E-state index contributed by atoms with van der Waals surface area (Å²) in [6, 6.07) is 7.65. The Balaban J connectivity index is 1.81. The molecular formula is C25H33NO5S. The largest absolute Gasteiger partial charge is 0.460 e. The molecule has 0 aliphatic carbocycles. The minimum atomic E-state index is -0.586. The van der Waals surface area contributed by atoms with Gasteiger partial charge in [-0.05, 0) is 83.9 Å². The molecule has 32 heavy (non-hydrogen) atoms. The van der Waals surface area contributed by atoms with Gasteiger partial charge in [0, 0.05) is 28.2 Å². The van der Waals surface area contributed by atoms with Crippen molar-refractivity contribution in [3.8, 4) is 0 Å². The van der Waals surface area contributed by atoms with Gasteiger partial charge in [-0.15, -0.1) is 11.3 Å². The van der Waals surface area contributed by atoms with Crippen molar-refractivity contribution in [1.82, 2.24) is 4.90 Å². The van der Waals surface area contributed by atoms with Crippen LogP contribution < -0.4 is 0 Å². The zero-order valence-electron chi connectivity index (χ0n) is 19.8. The molecule has 1 aromatic heterocycles. The predicted molar refractivity (Wildman–Crippen MR) is 126 cm³/mol. The quantitative estimate of drug-likeness (QED) is 0.438. The highest BCUT2D eigenvalue weighted by molar-refractivity contribution is 7.19. The fourth-order valence-electron chi connectivity index (χ4n) is 3.94. The van der Waals surface area contributed by atoms with Crippen molar-refractivity contribution in [3.63, 3.8) is 0 Å². The Bertz CT molecular complexity index is 998. The summed E-state index contributed by atoms with van der Waals surface area (Å²) < 4.78 is 12.4. The number of hydrogen-bond acceptors (Lipinski definition) is 6. The number of ether oxygens (including phenoxy) is 2. The number of hydrogen-bond donors (Lipinski definition) is 0. The minimum absolute atomic E-state index is 0.00637. The van der Waals surface area contributed by atoms with Gasteiger partial charge in [-0.3, -0.25) is 9.59 Å². The first-order chi connectivity index (χ1) is 14.8. The SMILES string of the molecule is CC(C)(C)OC(=O)[C@@H](Cc1cc2cc(C=O)ccc2s1)[C@H]1CCN(C(=O)OC(C)(C)C)C1. The fraction of sp³-hybridized carbons (Fsp3) is 0.560. The van der Waals surface area contributed by atoms with Gasteiger partial charge in [-0.25, -0.2) is 4.79 Å². The summed E-state index contributed by atoms with van der Waals surface area (Å²) in [5.74, 6) is -0.604. The molecule has 3 rings (SSSR count). The van der Waals surface area contributed by atoms with Gasteiger partial charge in [0.2, 0.25) is 0 Å². The van der Waals surface area contributed by atoms with E-state index in [-0.39, 0.29) is 23.9 Å². The second-order valence-corrected chi connectivity index (χ2v) is 11.6. The molecule has 0 N–H and O–H groups in total. The number of likely N-dealkylation sites (tertiary alicyclic amines) is 1. The van der Waals surface area contributed by atoms with E-state index < -0.39 is 11.2 Å². The van der Waals surface area contributed by atoms with Crippen molar-refractivity contribution in [2.24, 2.45) is 11.8 Å². The molecule has 1 aromatic carbocycles. The van der Waals surface area contributed by atoms with Crippen LogP contribution in [0.15, 0.2) is 24.3 Å². The van der Waals surface area contributed by atoms with E-state index in [0.29, 0.717) is 25.1 Å². The van der Waals surface area contributed by atoms with Gasteiger partial charge in [0.15, 0.2) is 0 Å². The molecular weight excluding hydrogens is 426 g/mol. The van der Waals surface area contributed by atoms with Crippen LogP contribution in [0.4, 0.5) is 4.79 Å². The van der Waals surface area contributed by atoms with Gasteiger partial charge in [0.1, 0.15) is 17.5 Å². The Kier molecular flexibility index (Phi) is 6.98. The molecule has 1 saturated heterocycles. The van der Waals surface area contributed by atoms with Gasteiger partial charge in [-0.2, -0.15) is 0 Å². The minimum Gasteiger partial charge on any atom is -0.460 e. The van der Waals surface area contributed by atoms with Crippen molar-refractivity contribution in [1.29, 1.82) is 0 Å². The number of fused-ring (bicyclic) bond motifs is 1. The summed E-state index contributed by atoms with van der Waals surface area (Å²) in [6.07, 6.45) is 1.76. The van der Waals surface area contributed by atoms with Crippen molar-refractivity contribution in [2.45, 2.75) is 65.6 Å². The smallest absolute Gasteiger partial charge is 0.410 e. The molecule has 0 saturated carbocycles. The second kappa shape index (κ2) is 9.22. The maximum Gasteiger partial charge on any atom is 0.410 e. The van der Waals surface area contributed by atoms with Crippen molar-refractivity contribution in [3.05, 3.63) is 34.7 Å². The normalized spacial score (nSPS) is 17.9. The summed E-state index contributed by atoms with van der Waals surface area (Å²) in [5.41, 5.74) is -0.510. The van der Waals surface area contributed by atoms with Crippen LogP contribution in [-0.4, -0.2) is 47.5 Å². The summed E-state index contributed by atoms with van der Waals surface area (Å²) in [7, 11) is 0. The number of carbonyl (C=O) groups excluding carboxylic acids is 3. The Morgan fingerprint density at radius 1 is 1.12 bits per heavy atom. The number of amides is 1. The Morgan fingerprint density at radius 3 is 2.44 bits per heavy atom. The molecule has 2 atom stereocenters. The highest BCUT2D eigenvalue weighted by Gasteiger charge is 2.39. The van der Waals surface area contributed by atoms with Gasteiger partial charge in [0.05, 0.1) is 5.92 Å². The van der Waals surface area contributed by atoms with Crippen LogP contribution in [0, 0.1) is 11.8 Å². The van der Waals surface area contributed by atoms with Crippen molar-refractivity contribution >= 4 is 39.8 Å². The molecule has 0 spiro atoms. The maximum atomic E-state index is 13.2. The molecule has 2 aromatic rings. The topological polar surface area (TPSA) is 72.9 Å². The lowest BCUT2D eigenvalue weighted by atomic mass is 9.88. The first-order valence-corrected chi connectivity index (χ1v) is 11.8. The molecule has 6 nitrogen and oxygen atoms in total. The van der Waals surface area contributed by atoms with E-state index in [1.54, 1.807) is 22.3 Å². The highest BCUT2D eigenvalue weighted by atomic mass is 32.1. The molecule has 1 aliphatic rings. The second-order valence-electron chi connectivity index (χ2n) is 10.4. The van der Waals surface area contributed by atoms with E-state index in [1.165, 1.54) is 0 Å². The molecule has 1 fully saturated rings. The Morgan fingerprint density at radius 2 is 1.81 bits per heavy atom. The lowest BCUT2D eigenvalue weighted by Crippen LogP contribution is -2.38. The third-order valence-electron chi connectivity index (χ3n) is 5.30. The van der Waals surface area contributed by atoms with E-state index in [2.05, 4.69) is 0 Å². The third-order valence-corrected chi connectivity index (χ3v) is 6.44. The summed E-state index contributed by atoms with van der Waals surface area (Å²) in [5, 5.41) is 0.999. The summed E-state index contributed by atoms with van der Waals surface area (Å²) in [4.78, 5) is 39.6. The average molecular weight is 460 g/mol. The lowest BCUT2D eigenvalue weighted by molar-refractivity contribution is -0.161. The number of rotatable bonds is 5. The number of carbonyl (C=O) groups is 3. The van der Waals surface area contributed by atoms with Gasteiger partial charge < -0.3 is 14.4 Å². The van der Waals surface area contributed by atoms with E-state index in [0.717, 1.165) is 27.7 Å². The molecule has 2 heterocycles. The van der Waals surface area contributed by atoms with E-state index in [1.807, 2.05) is 59.7 Å². The van der Waals surface area contributed by atoms with Crippen molar-refractivity contribution in [2.75, 3.05) is 13.1 Å². The number of aldehydes is 1. The maximum absolute atomic E-state index is 13.2. The zero-order chi connectivity index (χ0) is 23.7. The van der Waals surface area contributed by atoms with Crippen LogP contribution in [0.2, 0.25) is 0 Å². The van der Waals surface area contributed by atoms with Gasteiger partial charge in [0.25, 0.3) is 0 Å². The van der Waals surface area contributed by atoms with E-state index >= 15 is 0 Å². The van der Waals surface area contributed by atoms with Crippen molar-refractivity contribution < 1.29 is 23.9 Å². The van der Waals surface area contributed by atoms with Crippen LogP contribution in [0.3, 0.4) is 0 Å². The van der Waals surface area contributed by atoms with Gasteiger partial charge in [-0.1, -0.05) is 6.07 Å². The summed E-state index contributed by atoms with van der Waals surface area (Å²) in [6.45, 7) is 12.2. The number of thiophene rings is 1. The van der Waals surface area contributed by atoms with Crippen LogP contribution in [0.5, 0.6) is 0 Å². The van der Waals surface area contributed by atoms with Crippen LogP contribution in [0.25, 0.3) is 10.1 Å². The van der Waals surface area contributed by atoms with Crippen LogP contribution in [0.1, 0.15) is 63.2 Å². The molecule has 0 unspecified atom stereocenters. The summed E-state index contributed by atoms with van der Waals surface area (Å²) >= 11 is 1.63. The van der Waals surface area contributed by atoms with E-state index in [9.17, 15) is 14.4 Å². The molecule has 1 amide bonds. The molecule has 0 bridgehead atoms. The van der Waals surface area contributed by atoms with E-state index in [4.69, 9.17) is 9.47 Å². The first kappa shape index (κ1) is 24.2. The zero-order valence-corrected chi connectivity index (χ0v) is 20.6. The molecule has 1 aliphatic heterocycles. The van der Waals surface area contributed by atoms with Crippen LogP contribution in [-0.2, 0) is 20.7 Å². The van der Waals surface area contributed by atoms with Crippen LogP contribution >= 0.6 is 11.3 Å². The standard InChI is InChI=1S/C25H33NO5S/c1-24(2,3)30-22(28)20(17-9-10-26(14-17)23(29)31-25(4,5)6)13-19-12-18-11-16(15-27)7-8-21(18)32-19/h7-8,11-12,15,17,20H,9-10,13-14H2,1-6H3/t17-,20-/m0/s1. The lowest BCUT2D eigenvalue weighted by Gasteiger charge is -2.28. The highest BCUT2D eigenvalue weighted by Crippen LogP contribution is 2.34. The Hall–Kier alpha value is -2.41. The fourth-order valence-corrected chi connectivity index (χ4v) is 5.04. The first-order valence-electron chi connectivity index (χ1n) is 11.0. The third kappa shape index (κ3) is 6.31. The number of nitrogens with zero attached hydrogens (tertiary/aromatic N) is 1. The Labute approximate surface area is 193 Å². The molecule has 0 radical (unpaired) electrons. The number of benzene rings is 1. The number of esters is 1.